The lowest BCUT2D eigenvalue weighted by Crippen LogP contribution is -2.34. The van der Waals surface area contributed by atoms with Crippen LogP contribution in [0.25, 0.3) is 0 Å². The summed E-state index contributed by atoms with van der Waals surface area (Å²) in [5.74, 6) is -1.75. The Morgan fingerprint density at radius 1 is 1.62 bits per heavy atom. The molecule has 0 saturated heterocycles. The predicted octanol–water partition coefficient (Wildman–Crippen LogP) is -0.200. The Hall–Kier alpha value is -1.85. The van der Waals surface area contributed by atoms with E-state index in [-0.39, 0.29) is 0 Å². The van der Waals surface area contributed by atoms with Crippen LogP contribution < -0.4 is 5.32 Å². The van der Waals surface area contributed by atoms with Gasteiger partial charge in [0.05, 0.1) is 0 Å². The van der Waals surface area contributed by atoms with Gasteiger partial charge < -0.3 is 15.0 Å². The SMILES string of the molecule is CC(C(=O)O)C(=O)NCCc1nccn1C. The molecule has 0 aliphatic rings. The number of aryl methyl sites for hydroxylation is 1. The van der Waals surface area contributed by atoms with Crippen LogP contribution in [0.2, 0.25) is 0 Å². The van der Waals surface area contributed by atoms with E-state index in [2.05, 4.69) is 10.3 Å². The fourth-order valence-electron chi connectivity index (χ4n) is 1.20. The third kappa shape index (κ3) is 3.08. The molecule has 0 aliphatic heterocycles. The summed E-state index contributed by atoms with van der Waals surface area (Å²) in [6.45, 7) is 1.75. The van der Waals surface area contributed by atoms with E-state index < -0.39 is 17.8 Å². The Morgan fingerprint density at radius 2 is 2.31 bits per heavy atom. The number of amides is 1. The van der Waals surface area contributed by atoms with Crippen molar-refractivity contribution in [1.29, 1.82) is 0 Å². The molecule has 1 heterocycles. The number of nitrogens with zero attached hydrogens (tertiary/aromatic N) is 2. The molecular formula is C10H15N3O3. The summed E-state index contributed by atoms with van der Waals surface area (Å²) in [4.78, 5) is 25.9. The zero-order valence-electron chi connectivity index (χ0n) is 9.30. The van der Waals surface area contributed by atoms with Crippen molar-refractivity contribution in [3.8, 4) is 0 Å². The summed E-state index contributed by atoms with van der Waals surface area (Å²) in [5.41, 5.74) is 0. The maximum Gasteiger partial charge on any atom is 0.315 e. The van der Waals surface area contributed by atoms with Crippen molar-refractivity contribution in [3.63, 3.8) is 0 Å². The Labute approximate surface area is 93.3 Å². The zero-order chi connectivity index (χ0) is 12.1. The summed E-state index contributed by atoms with van der Waals surface area (Å²) >= 11 is 0. The number of aromatic nitrogens is 2. The molecule has 0 spiro atoms. The molecule has 0 aromatic carbocycles. The number of carbonyl (C=O) groups is 2. The fourth-order valence-corrected chi connectivity index (χ4v) is 1.20. The van der Waals surface area contributed by atoms with E-state index in [0.29, 0.717) is 13.0 Å². The van der Waals surface area contributed by atoms with E-state index in [1.807, 2.05) is 17.8 Å². The van der Waals surface area contributed by atoms with Crippen molar-refractivity contribution in [3.05, 3.63) is 18.2 Å². The van der Waals surface area contributed by atoms with Gasteiger partial charge in [-0.25, -0.2) is 4.98 Å². The number of nitrogens with one attached hydrogen (secondary N) is 1. The summed E-state index contributed by atoms with van der Waals surface area (Å²) in [5, 5.41) is 11.2. The quantitative estimate of drug-likeness (QED) is 0.680. The first-order chi connectivity index (χ1) is 7.52. The first-order valence-corrected chi connectivity index (χ1v) is 4.99. The van der Waals surface area contributed by atoms with E-state index in [4.69, 9.17) is 5.11 Å². The first kappa shape index (κ1) is 12.2. The van der Waals surface area contributed by atoms with Crippen molar-refractivity contribution in [2.24, 2.45) is 13.0 Å². The monoisotopic (exact) mass is 225 g/mol. The van der Waals surface area contributed by atoms with E-state index in [1.54, 1.807) is 6.20 Å². The third-order valence-corrected chi connectivity index (χ3v) is 2.33. The topological polar surface area (TPSA) is 84.2 Å². The van der Waals surface area contributed by atoms with Crippen LogP contribution in [0.1, 0.15) is 12.7 Å². The molecule has 0 aliphatic carbocycles. The van der Waals surface area contributed by atoms with Crippen molar-refractivity contribution >= 4 is 11.9 Å². The smallest absolute Gasteiger partial charge is 0.315 e. The molecule has 0 radical (unpaired) electrons. The van der Waals surface area contributed by atoms with Crippen LogP contribution in [-0.4, -0.2) is 33.1 Å². The molecule has 1 rings (SSSR count). The number of rotatable bonds is 5. The van der Waals surface area contributed by atoms with Gasteiger partial charge in [-0.15, -0.1) is 0 Å². The van der Waals surface area contributed by atoms with Gasteiger partial charge in [0.1, 0.15) is 11.7 Å². The average molecular weight is 225 g/mol. The van der Waals surface area contributed by atoms with Gasteiger partial charge in [-0.05, 0) is 6.92 Å². The number of imidazole rings is 1. The molecule has 0 saturated carbocycles. The van der Waals surface area contributed by atoms with E-state index in [9.17, 15) is 9.59 Å². The van der Waals surface area contributed by atoms with Crippen LogP contribution in [0.4, 0.5) is 0 Å². The van der Waals surface area contributed by atoms with Crippen LogP contribution in [0.5, 0.6) is 0 Å². The molecule has 0 fully saturated rings. The lowest BCUT2D eigenvalue weighted by Gasteiger charge is -2.07. The predicted molar refractivity (Wildman–Crippen MR) is 56.7 cm³/mol. The Kier molecular flexibility index (Phi) is 4.04. The van der Waals surface area contributed by atoms with Crippen LogP contribution in [-0.2, 0) is 23.1 Å². The van der Waals surface area contributed by atoms with Gasteiger partial charge in [0, 0.05) is 32.4 Å². The summed E-state index contributed by atoms with van der Waals surface area (Å²) in [6, 6.07) is 0. The molecule has 1 unspecified atom stereocenters. The number of carboxylic acids is 1. The number of carbonyl (C=O) groups excluding carboxylic acids is 1. The van der Waals surface area contributed by atoms with Crippen LogP contribution in [0, 0.1) is 5.92 Å². The standard InChI is InChI=1S/C10H15N3O3/c1-7(10(15)16)9(14)12-4-3-8-11-5-6-13(8)2/h5-7H,3-4H2,1-2H3,(H,12,14)(H,15,16). The second kappa shape index (κ2) is 5.29. The molecule has 6 nitrogen and oxygen atoms in total. The fraction of sp³-hybridized carbons (Fsp3) is 0.500. The minimum atomic E-state index is -1.12. The first-order valence-electron chi connectivity index (χ1n) is 4.99. The molecule has 88 valence electrons. The van der Waals surface area contributed by atoms with Crippen molar-refractivity contribution in [1.82, 2.24) is 14.9 Å². The van der Waals surface area contributed by atoms with Gasteiger partial charge in [-0.1, -0.05) is 0 Å². The van der Waals surface area contributed by atoms with Crippen LogP contribution >= 0.6 is 0 Å². The maximum atomic E-state index is 11.3. The highest BCUT2D eigenvalue weighted by atomic mass is 16.4. The highest BCUT2D eigenvalue weighted by molar-refractivity contribution is 5.96. The molecule has 1 aromatic rings. The van der Waals surface area contributed by atoms with Gasteiger partial charge in [0.15, 0.2) is 0 Å². The lowest BCUT2D eigenvalue weighted by atomic mass is 10.2. The summed E-state index contributed by atoms with van der Waals surface area (Å²) in [7, 11) is 1.87. The molecule has 2 N–H and O–H groups in total. The van der Waals surface area contributed by atoms with Crippen molar-refractivity contribution in [2.45, 2.75) is 13.3 Å². The van der Waals surface area contributed by atoms with E-state index in [1.165, 1.54) is 6.92 Å². The van der Waals surface area contributed by atoms with Gasteiger partial charge in [0.2, 0.25) is 5.91 Å². The third-order valence-electron chi connectivity index (χ3n) is 2.33. The van der Waals surface area contributed by atoms with Crippen LogP contribution in [0.3, 0.4) is 0 Å². The number of hydrogen-bond donors (Lipinski definition) is 2. The Bertz CT molecular complexity index is 386. The molecule has 1 amide bonds. The average Bonchev–Trinajstić information content (AvgIpc) is 2.63. The second-order valence-electron chi connectivity index (χ2n) is 3.56. The van der Waals surface area contributed by atoms with E-state index >= 15 is 0 Å². The lowest BCUT2D eigenvalue weighted by molar-refractivity contribution is -0.146. The van der Waals surface area contributed by atoms with Gasteiger partial charge in [-0.2, -0.15) is 0 Å². The molecule has 16 heavy (non-hydrogen) atoms. The number of hydrogen-bond acceptors (Lipinski definition) is 3. The van der Waals surface area contributed by atoms with Gasteiger partial charge in [0.25, 0.3) is 0 Å². The van der Waals surface area contributed by atoms with Crippen LogP contribution in [0.15, 0.2) is 12.4 Å². The normalized spacial score (nSPS) is 12.1. The minimum absolute atomic E-state index is 0.390. The van der Waals surface area contributed by atoms with Crippen molar-refractivity contribution in [2.75, 3.05) is 6.54 Å². The Balaban J connectivity index is 2.34. The largest absolute Gasteiger partial charge is 0.481 e. The Morgan fingerprint density at radius 3 is 2.81 bits per heavy atom. The highest BCUT2D eigenvalue weighted by Gasteiger charge is 2.19. The van der Waals surface area contributed by atoms with Gasteiger partial charge >= 0.3 is 5.97 Å². The zero-order valence-corrected chi connectivity index (χ0v) is 9.30. The molecule has 1 aromatic heterocycles. The maximum absolute atomic E-state index is 11.3. The molecule has 1 atom stereocenters. The highest BCUT2D eigenvalue weighted by Crippen LogP contribution is 1.96. The second-order valence-corrected chi connectivity index (χ2v) is 3.56. The van der Waals surface area contributed by atoms with Crippen molar-refractivity contribution < 1.29 is 14.7 Å². The molecular weight excluding hydrogens is 210 g/mol. The summed E-state index contributed by atoms with van der Waals surface area (Å²) in [6.07, 6.45) is 4.08. The number of carboxylic acid groups (broad SMARTS) is 1. The molecule has 0 bridgehead atoms. The van der Waals surface area contributed by atoms with Gasteiger partial charge in [-0.3, -0.25) is 9.59 Å². The minimum Gasteiger partial charge on any atom is -0.481 e. The summed E-state index contributed by atoms with van der Waals surface area (Å²) < 4.78 is 1.85. The molecule has 6 heteroatoms. The van der Waals surface area contributed by atoms with E-state index in [0.717, 1.165) is 5.82 Å². The number of aliphatic carboxylic acids is 1.